The number of amides is 1. The molecule has 128 valence electrons. The average Bonchev–Trinajstić information content (AvgIpc) is 2.47. The number of aliphatic hydroxyl groups is 6. The highest BCUT2D eigenvalue weighted by Gasteiger charge is 2.53. The zero-order valence-electron chi connectivity index (χ0n) is 11.4. The van der Waals surface area contributed by atoms with Crippen LogP contribution in [0.5, 0.6) is 0 Å². The van der Waals surface area contributed by atoms with Crippen LogP contribution in [0.2, 0.25) is 0 Å². The van der Waals surface area contributed by atoms with E-state index < -0.39 is 67.8 Å². The lowest BCUT2D eigenvalue weighted by Crippen LogP contribution is -2.67. The van der Waals surface area contributed by atoms with Crippen LogP contribution in [0.25, 0.3) is 0 Å². The van der Waals surface area contributed by atoms with Gasteiger partial charge in [0.2, 0.25) is 5.91 Å². The van der Waals surface area contributed by atoms with Crippen LogP contribution in [-0.2, 0) is 14.3 Å². The van der Waals surface area contributed by atoms with Gasteiger partial charge in [-0.2, -0.15) is 0 Å². The van der Waals surface area contributed by atoms with Gasteiger partial charge in [0.1, 0.15) is 24.9 Å². The molecule has 1 amide bonds. The minimum atomic E-state index is -2.85. The van der Waals surface area contributed by atoms with Crippen molar-refractivity contribution in [3.63, 3.8) is 0 Å². The number of hydrogen-bond acceptors (Lipinski definition) is 9. The number of rotatable bonds is 6. The fourth-order valence-electron chi connectivity index (χ4n) is 2.13. The third-order valence-electron chi connectivity index (χ3n) is 3.31. The number of nitrogens with one attached hydrogen (secondary N) is 1. The molecule has 8 N–H and O–H groups in total. The third kappa shape index (κ3) is 3.89. The Morgan fingerprint density at radius 3 is 2.36 bits per heavy atom. The standard InChI is InChI=1S/C11H19NO10/c13-2-5(16)8(18)9-7(12-6(17)3-14)4(15)1-11(21,22-9)10(19)20/h4-5,7-9,13-16,18,21H,1-3H2,(H,12,17)(H,19,20)/t4?,5?,7?,8?,9?,11-/m1/s1. The van der Waals surface area contributed by atoms with Crippen LogP contribution >= 0.6 is 0 Å². The Morgan fingerprint density at radius 2 is 1.91 bits per heavy atom. The molecule has 0 aromatic carbocycles. The molecular weight excluding hydrogens is 306 g/mol. The molecule has 1 saturated heterocycles. The Kier molecular flexibility index (Phi) is 6.19. The van der Waals surface area contributed by atoms with E-state index in [2.05, 4.69) is 5.32 Å². The predicted octanol–water partition coefficient (Wildman–Crippen LogP) is -4.90. The molecular formula is C11H19NO10. The van der Waals surface area contributed by atoms with E-state index in [4.69, 9.17) is 20.1 Å². The smallest absolute Gasteiger partial charge is 0.364 e. The van der Waals surface area contributed by atoms with Crippen molar-refractivity contribution in [2.24, 2.45) is 0 Å². The van der Waals surface area contributed by atoms with Crippen LogP contribution in [0.1, 0.15) is 6.42 Å². The van der Waals surface area contributed by atoms with Crippen molar-refractivity contribution in [2.75, 3.05) is 13.2 Å². The first-order valence-electron chi connectivity index (χ1n) is 6.35. The third-order valence-corrected chi connectivity index (χ3v) is 3.31. The minimum Gasteiger partial charge on any atom is -0.477 e. The Bertz CT molecular complexity index is 418. The molecule has 0 aromatic heterocycles. The fourth-order valence-corrected chi connectivity index (χ4v) is 2.13. The van der Waals surface area contributed by atoms with Crippen molar-refractivity contribution >= 4 is 11.9 Å². The van der Waals surface area contributed by atoms with E-state index in [1.54, 1.807) is 0 Å². The summed E-state index contributed by atoms with van der Waals surface area (Å²) in [4.78, 5) is 22.2. The molecule has 11 nitrogen and oxygen atoms in total. The summed E-state index contributed by atoms with van der Waals surface area (Å²) in [6, 6.07) is -1.42. The first kappa shape index (κ1) is 18.7. The van der Waals surface area contributed by atoms with Crippen LogP contribution in [0.4, 0.5) is 0 Å². The van der Waals surface area contributed by atoms with E-state index in [0.717, 1.165) is 0 Å². The number of carbonyl (C=O) groups excluding carboxylic acids is 1. The number of aliphatic carboxylic acids is 1. The van der Waals surface area contributed by atoms with Crippen LogP contribution in [0.3, 0.4) is 0 Å². The number of ether oxygens (including phenoxy) is 1. The largest absolute Gasteiger partial charge is 0.477 e. The molecule has 0 bridgehead atoms. The molecule has 5 unspecified atom stereocenters. The molecule has 1 aliphatic heterocycles. The quantitative estimate of drug-likeness (QED) is 0.234. The molecule has 1 aliphatic rings. The van der Waals surface area contributed by atoms with Crippen molar-refractivity contribution < 1.29 is 50.1 Å². The van der Waals surface area contributed by atoms with E-state index in [-0.39, 0.29) is 0 Å². The van der Waals surface area contributed by atoms with Gasteiger partial charge in [-0.3, -0.25) is 4.79 Å². The molecule has 1 rings (SSSR count). The van der Waals surface area contributed by atoms with Crippen LogP contribution in [-0.4, -0.2) is 97.1 Å². The maximum absolute atomic E-state index is 11.2. The Hall–Kier alpha value is -1.34. The molecule has 0 aromatic rings. The highest BCUT2D eigenvalue weighted by molar-refractivity contribution is 5.78. The molecule has 1 fully saturated rings. The lowest BCUT2D eigenvalue weighted by Gasteiger charge is -2.44. The van der Waals surface area contributed by atoms with E-state index in [9.17, 15) is 30.0 Å². The zero-order chi connectivity index (χ0) is 17.1. The molecule has 0 spiro atoms. The average molecular weight is 325 g/mol. The summed E-state index contributed by atoms with van der Waals surface area (Å²) < 4.78 is 4.83. The zero-order valence-corrected chi connectivity index (χ0v) is 11.4. The van der Waals surface area contributed by atoms with Gasteiger partial charge in [0.15, 0.2) is 0 Å². The first-order chi connectivity index (χ1) is 10.2. The van der Waals surface area contributed by atoms with Crippen LogP contribution in [0, 0.1) is 0 Å². The molecule has 11 heteroatoms. The maximum Gasteiger partial charge on any atom is 0.364 e. The first-order valence-corrected chi connectivity index (χ1v) is 6.35. The fraction of sp³-hybridized carbons (Fsp3) is 0.818. The maximum atomic E-state index is 11.2. The number of carboxylic acids is 1. The predicted molar refractivity (Wildman–Crippen MR) is 66.2 cm³/mol. The highest BCUT2D eigenvalue weighted by Crippen LogP contribution is 2.30. The van der Waals surface area contributed by atoms with Gasteiger partial charge < -0.3 is 45.8 Å². The van der Waals surface area contributed by atoms with Gasteiger partial charge in [0.25, 0.3) is 5.79 Å². The Morgan fingerprint density at radius 1 is 1.32 bits per heavy atom. The number of carbonyl (C=O) groups is 2. The summed E-state index contributed by atoms with van der Waals surface area (Å²) in [6.07, 6.45) is -7.92. The number of hydrogen-bond donors (Lipinski definition) is 8. The second kappa shape index (κ2) is 7.28. The van der Waals surface area contributed by atoms with Gasteiger partial charge in [0.05, 0.1) is 18.8 Å². The van der Waals surface area contributed by atoms with Crippen LogP contribution in [0.15, 0.2) is 0 Å². The second-order valence-corrected chi connectivity index (χ2v) is 4.94. The summed E-state index contributed by atoms with van der Waals surface area (Å²) in [5, 5.41) is 67.5. The van der Waals surface area contributed by atoms with Gasteiger partial charge in [0, 0.05) is 6.42 Å². The summed E-state index contributed by atoms with van der Waals surface area (Å²) in [7, 11) is 0. The van der Waals surface area contributed by atoms with E-state index in [0.29, 0.717) is 0 Å². The lowest BCUT2D eigenvalue weighted by molar-refractivity contribution is -0.295. The summed E-state index contributed by atoms with van der Waals surface area (Å²) >= 11 is 0. The molecule has 0 aliphatic carbocycles. The highest BCUT2D eigenvalue weighted by atomic mass is 16.7. The topological polar surface area (TPSA) is 197 Å². The van der Waals surface area contributed by atoms with E-state index in [1.807, 2.05) is 0 Å². The SMILES string of the molecule is O=C(CO)NC1C(O)C[C@](O)(C(=O)O)OC1C(O)C(O)CO. The van der Waals surface area contributed by atoms with Gasteiger partial charge in [-0.25, -0.2) is 4.79 Å². The lowest BCUT2D eigenvalue weighted by atomic mass is 9.88. The summed E-state index contributed by atoms with van der Waals surface area (Å²) in [5.74, 6) is -5.64. The van der Waals surface area contributed by atoms with Crippen LogP contribution < -0.4 is 5.32 Å². The van der Waals surface area contributed by atoms with Crippen molar-refractivity contribution in [1.82, 2.24) is 5.32 Å². The number of aliphatic hydroxyl groups excluding tert-OH is 5. The van der Waals surface area contributed by atoms with Crippen molar-refractivity contribution in [1.29, 1.82) is 0 Å². The summed E-state index contributed by atoms with van der Waals surface area (Å²) in [6.45, 7) is -1.86. The Balaban J connectivity index is 3.07. The van der Waals surface area contributed by atoms with Gasteiger partial charge >= 0.3 is 5.97 Å². The monoisotopic (exact) mass is 325 g/mol. The Labute approximate surface area is 124 Å². The normalized spacial score (nSPS) is 34.7. The van der Waals surface area contributed by atoms with Gasteiger partial charge in [-0.05, 0) is 0 Å². The van der Waals surface area contributed by atoms with Crippen molar-refractivity contribution in [2.45, 2.75) is 42.7 Å². The van der Waals surface area contributed by atoms with Crippen molar-refractivity contribution in [3.05, 3.63) is 0 Å². The minimum absolute atomic E-state index is 0.822. The molecule has 1 heterocycles. The molecule has 22 heavy (non-hydrogen) atoms. The molecule has 6 atom stereocenters. The van der Waals surface area contributed by atoms with Gasteiger partial charge in [-0.15, -0.1) is 0 Å². The van der Waals surface area contributed by atoms with E-state index >= 15 is 0 Å². The second-order valence-electron chi connectivity index (χ2n) is 4.94. The molecule has 0 radical (unpaired) electrons. The molecule has 0 saturated carbocycles. The summed E-state index contributed by atoms with van der Waals surface area (Å²) in [5.41, 5.74) is 0. The van der Waals surface area contributed by atoms with E-state index in [1.165, 1.54) is 0 Å². The van der Waals surface area contributed by atoms with Crippen molar-refractivity contribution in [3.8, 4) is 0 Å². The number of carboxylic acid groups (broad SMARTS) is 1. The van der Waals surface area contributed by atoms with Gasteiger partial charge in [-0.1, -0.05) is 0 Å².